The van der Waals surface area contributed by atoms with E-state index in [0.717, 1.165) is 29.6 Å². The fourth-order valence-corrected chi connectivity index (χ4v) is 2.45. The molecule has 1 saturated heterocycles. The predicted molar refractivity (Wildman–Crippen MR) is 95.3 cm³/mol. The van der Waals surface area contributed by atoms with Crippen molar-refractivity contribution in [3.8, 4) is 0 Å². The van der Waals surface area contributed by atoms with Crippen molar-refractivity contribution in [1.82, 2.24) is 0 Å². The van der Waals surface area contributed by atoms with Gasteiger partial charge in [0.05, 0.1) is 12.7 Å². The molecule has 1 rings (SSSR count). The highest BCUT2D eigenvalue weighted by Gasteiger charge is 2.48. The molecule has 1 aliphatic rings. The molecule has 2 atom stereocenters. The van der Waals surface area contributed by atoms with Crippen LogP contribution < -0.4 is 0 Å². The van der Waals surface area contributed by atoms with Gasteiger partial charge in [0.1, 0.15) is 5.60 Å². The van der Waals surface area contributed by atoms with Crippen molar-refractivity contribution in [3.05, 3.63) is 47.1 Å². The molecular weight excluding hydrogens is 288 g/mol. The van der Waals surface area contributed by atoms with Crippen molar-refractivity contribution >= 4 is 5.78 Å². The summed E-state index contributed by atoms with van der Waals surface area (Å²) in [5.41, 5.74) is 3.09. The summed E-state index contributed by atoms with van der Waals surface area (Å²) in [7, 11) is 0. The summed E-state index contributed by atoms with van der Waals surface area (Å²) in [5.74, 6) is 0.157. The number of allylic oxidation sites excluding steroid dienone is 5. The number of aliphatic hydroxyl groups excluding tert-OH is 1. The summed E-state index contributed by atoms with van der Waals surface area (Å²) >= 11 is 0. The van der Waals surface area contributed by atoms with Gasteiger partial charge in [0, 0.05) is 6.42 Å². The first-order chi connectivity index (χ1) is 10.8. The van der Waals surface area contributed by atoms with Crippen molar-refractivity contribution in [1.29, 1.82) is 0 Å². The van der Waals surface area contributed by atoms with Gasteiger partial charge in [-0.2, -0.15) is 0 Å². The largest absolute Gasteiger partial charge is 0.392 e. The second-order valence-electron chi connectivity index (χ2n) is 6.78. The zero-order chi connectivity index (χ0) is 17.5. The van der Waals surface area contributed by atoms with E-state index in [9.17, 15) is 4.79 Å². The summed E-state index contributed by atoms with van der Waals surface area (Å²) in [4.78, 5) is 11.7. The average Bonchev–Trinajstić information content (AvgIpc) is 3.06. The number of ether oxygens (including phenoxy) is 1. The smallest absolute Gasteiger partial charge is 0.159 e. The fourth-order valence-electron chi connectivity index (χ4n) is 2.45. The summed E-state index contributed by atoms with van der Waals surface area (Å²) in [5, 5.41) is 8.82. The maximum atomic E-state index is 11.7. The average molecular weight is 318 g/mol. The Hall–Kier alpha value is -1.45. The third kappa shape index (κ3) is 7.58. The van der Waals surface area contributed by atoms with Gasteiger partial charge in [-0.05, 0) is 53.5 Å². The van der Waals surface area contributed by atoms with E-state index in [1.807, 2.05) is 33.8 Å². The van der Waals surface area contributed by atoms with Crippen LogP contribution in [0.1, 0.15) is 53.9 Å². The molecule has 1 fully saturated rings. The number of carbonyl (C=O) groups is 1. The Morgan fingerprint density at radius 1 is 1.17 bits per heavy atom. The standard InChI is InChI=1S/C20H30O3/c1-15(2)13-18(22)14-17(4)8-9-19-20(5,23-19)11-6-7-16(3)10-12-21/h6,8,10-11,13,19,21H,7,9,12,14H2,1-5H3/b11-6+,16-10+,17-8+/t19-,20+/m0/s1. The Kier molecular flexibility index (Phi) is 7.66. The lowest BCUT2D eigenvalue weighted by Gasteiger charge is -2.00. The van der Waals surface area contributed by atoms with Gasteiger partial charge in [-0.25, -0.2) is 0 Å². The first kappa shape index (κ1) is 19.6. The minimum atomic E-state index is -0.194. The molecule has 23 heavy (non-hydrogen) atoms. The van der Waals surface area contributed by atoms with Crippen molar-refractivity contribution in [2.75, 3.05) is 6.61 Å². The number of rotatable bonds is 9. The Morgan fingerprint density at radius 2 is 1.87 bits per heavy atom. The van der Waals surface area contributed by atoms with Gasteiger partial charge in [-0.1, -0.05) is 41.0 Å². The number of carbonyl (C=O) groups excluding carboxylic acids is 1. The topological polar surface area (TPSA) is 49.8 Å². The van der Waals surface area contributed by atoms with E-state index < -0.39 is 0 Å². The van der Waals surface area contributed by atoms with Gasteiger partial charge < -0.3 is 9.84 Å². The summed E-state index contributed by atoms with van der Waals surface area (Å²) < 4.78 is 5.77. The lowest BCUT2D eigenvalue weighted by Crippen LogP contribution is -2.05. The van der Waals surface area contributed by atoms with E-state index in [2.05, 4.69) is 25.2 Å². The van der Waals surface area contributed by atoms with Crippen LogP contribution in [-0.2, 0) is 9.53 Å². The molecule has 1 aliphatic heterocycles. The van der Waals surface area contributed by atoms with Crippen molar-refractivity contribution in [3.63, 3.8) is 0 Å². The third-order valence-electron chi connectivity index (χ3n) is 3.89. The first-order valence-electron chi connectivity index (χ1n) is 8.22. The second-order valence-corrected chi connectivity index (χ2v) is 6.78. The molecule has 0 aromatic carbocycles. The van der Waals surface area contributed by atoms with Crippen molar-refractivity contribution in [2.45, 2.75) is 65.6 Å². The van der Waals surface area contributed by atoms with E-state index in [-0.39, 0.29) is 24.1 Å². The molecule has 3 heteroatoms. The minimum Gasteiger partial charge on any atom is -0.392 e. The molecule has 0 spiro atoms. The monoisotopic (exact) mass is 318 g/mol. The molecule has 1 heterocycles. The minimum absolute atomic E-state index is 0.0889. The van der Waals surface area contributed by atoms with Gasteiger partial charge >= 0.3 is 0 Å². The Bertz CT molecular complexity index is 533. The number of hydrogen-bond acceptors (Lipinski definition) is 3. The SMILES string of the molecule is CC(C)=CC(=O)C/C(C)=C/C[C@@H]1O[C@]1(C)/C=C/C/C(C)=C/CO. The molecule has 0 amide bonds. The van der Waals surface area contributed by atoms with Crippen LogP contribution in [0.15, 0.2) is 47.1 Å². The second kappa shape index (κ2) is 8.99. The quantitative estimate of drug-likeness (QED) is 0.392. The van der Waals surface area contributed by atoms with Crippen molar-refractivity contribution < 1.29 is 14.6 Å². The van der Waals surface area contributed by atoms with E-state index in [0.29, 0.717) is 6.42 Å². The van der Waals surface area contributed by atoms with Crippen LogP contribution >= 0.6 is 0 Å². The molecule has 0 aliphatic carbocycles. The predicted octanol–water partition coefficient (Wildman–Crippen LogP) is 4.29. The van der Waals surface area contributed by atoms with Crippen LogP contribution in [0.4, 0.5) is 0 Å². The summed E-state index contributed by atoms with van der Waals surface area (Å²) in [6.45, 7) is 10.0. The van der Waals surface area contributed by atoms with Crippen LogP contribution in [0.25, 0.3) is 0 Å². The molecule has 0 radical (unpaired) electrons. The zero-order valence-electron chi connectivity index (χ0n) is 15.1. The number of hydrogen-bond donors (Lipinski definition) is 1. The molecule has 0 saturated carbocycles. The molecular formula is C20H30O3. The Balaban J connectivity index is 2.41. The highest BCUT2D eigenvalue weighted by Crippen LogP contribution is 2.40. The van der Waals surface area contributed by atoms with Crippen molar-refractivity contribution in [2.24, 2.45) is 0 Å². The molecule has 0 unspecified atom stereocenters. The lowest BCUT2D eigenvalue weighted by molar-refractivity contribution is -0.114. The number of aliphatic hydroxyl groups is 1. The number of epoxide rings is 1. The maximum Gasteiger partial charge on any atom is 0.159 e. The van der Waals surface area contributed by atoms with Crippen LogP contribution in [0, 0.1) is 0 Å². The summed E-state index contributed by atoms with van der Waals surface area (Å²) in [6.07, 6.45) is 12.1. The summed E-state index contributed by atoms with van der Waals surface area (Å²) in [6, 6.07) is 0. The molecule has 3 nitrogen and oxygen atoms in total. The van der Waals surface area contributed by atoms with Crippen LogP contribution in [-0.4, -0.2) is 29.2 Å². The van der Waals surface area contributed by atoms with Gasteiger partial charge in [0.15, 0.2) is 5.78 Å². The van der Waals surface area contributed by atoms with Crippen LogP contribution in [0.3, 0.4) is 0 Å². The first-order valence-corrected chi connectivity index (χ1v) is 8.22. The van der Waals surface area contributed by atoms with Crippen LogP contribution in [0.2, 0.25) is 0 Å². The Labute approximate surface area is 140 Å². The number of ketones is 1. The molecule has 0 bridgehead atoms. The van der Waals surface area contributed by atoms with E-state index in [1.54, 1.807) is 6.08 Å². The molecule has 0 aromatic heterocycles. The van der Waals surface area contributed by atoms with E-state index in [1.165, 1.54) is 0 Å². The fraction of sp³-hybridized carbons (Fsp3) is 0.550. The van der Waals surface area contributed by atoms with Gasteiger partial charge in [-0.3, -0.25) is 4.79 Å². The molecule has 1 N–H and O–H groups in total. The van der Waals surface area contributed by atoms with E-state index >= 15 is 0 Å². The van der Waals surface area contributed by atoms with E-state index in [4.69, 9.17) is 9.84 Å². The normalized spacial score (nSPS) is 24.9. The highest BCUT2D eigenvalue weighted by molar-refractivity contribution is 5.91. The van der Waals surface area contributed by atoms with Gasteiger partial charge in [0.25, 0.3) is 0 Å². The van der Waals surface area contributed by atoms with Crippen LogP contribution in [0.5, 0.6) is 0 Å². The van der Waals surface area contributed by atoms with Gasteiger partial charge in [0.2, 0.25) is 0 Å². The lowest BCUT2D eigenvalue weighted by atomic mass is 10.0. The molecule has 128 valence electrons. The maximum absolute atomic E-state index is 11.7. The molecule has 0 aromatic rings. The zero-order valence-corrected chi connectivity index (χ0v) is 15.1. The highest BCUT2D eigenvalue weighted by atomic mass is 16.6. The van der Waals surface area contributed by atoms with Gasteiger partial charge in [-0.15, -0.1) is 0 Å². The Morgan fingerprint density at radius 3 is 2.48 bits per heavy atom. The third-order valence-corrected chi connectivity index (χ3v) is 3.89.